The van der Waals surface area contributed by atoms with E-state index >= 15 is 0 Å². The molecule has 1 aliphatic rings. The van der Waals surface area contributed by atoms with Crippen molar-refractivity contribution in [3.05, 3.63) is 62.6 Å². The molecule has 0 aliphatic heterocycles. The van der Waals surface area contributed by atoms with Gasteiger partial charge in [-0.1, -0.05) is 47.0 Å². The molecule has 4 rings (SSSR count). The minimum atomic E-state index is -0.293. The predicted octanol–water partition coefficient (Wildman–Crippen LogP) is 3.90. The Hall–Kier alpha value is -2.44. The predicted molar refractivity (Wildman–Crippen MR) is 99.3 cm³/mol. The topological polar surface area (TPSA) is 83.6 Å². The summed E-state index contributed by atoms with van der Waals surface area (Å²) in [7, 11) is 0. The third-order valence-electron chi connectivity index (χ3n) is 4.56. The van der Waals surface area contributed by atoms with Gasteiger partial charge in [0.1, 0.15) is 0 Å². The Bertz CT molecular complexity index is 964. The summed E-state index contributed by atoms with van der Waals surface area (Å²) >= 11 is 12.7. The van der Waals surface area contributed by atoms with Gasteiger partial charge in [-0.25, -0.2) is 0 Å². The summed E-state index contributed by atoms with van der Waals surface area (Å²) in [5.41, 5.74) is 4.44. The van der Waals surface area contributed by atoms with Crippen LogP contribution in [0.3, 0.4) is 0 Å². The third kappa shape index (κ3) is 3.06. The largest absolute Gasteiger partial charge is 0.345 e. The number of halogens is 2. The molecule has 1 aromatic heterocycles. The van der Waals surface area contributed by atoms with Crippen LogP contribution in [0.1, 0.15) is 39.5 Å². The SMILES string of the molecule is Cc1ccc2c(c1)C(NC(=O)c1c(Cl)cc(-c3nn[nH]n3)cc1Cl)CC2. The minimum absolute atomic E-state index is 0.0404. The van der Waals surface area contributed by atoms with Crippen molar-refractivity contribution in [2.75, 3.05) is 0 Å². The number of rotatable bonds is 3. The van der Waals surface area contributed by atoms with E-state index in [-0.39, 0.29) is 27.6 Å². The summed E-state index contributed by atoms with van der Waals surface area (Å²) < 4.78 is 0. The zero-order valence-corrected chi connectivity index (χ0v) is 15.4. The smallest absolute Gasteiger partial charge is 0.254 e. The molecule has 132 valence electrons. The molecule has 3 aromatic rings. The fraction of sp³-hybridized carbons (Fsp3) is 0.222. The van der Waals surface area contributed by atoms with Crippen LogP contribution >= 0.6 is 23.2 Å². The summed E-state index contributed by atoms with van der Waals surface area (Å²) in [5, 5.41) is 17.2. The number of H-pyrrole nitrogens is 1. The molecule has 1 amide bonds. The summed E-state index contributed by atoms with van der Waals surface area (Å²) in [5.74, 6) is 0.0694. The first-order valence-corrected chi connectivity index (χ1v) is 8.91. The van der Waals surface area contributed by atoms with Gasteiger partial charge in [0.05, 0.1) is 21.7 Å². The van der Waals surface area contributed by atoms with Crippen LogP contribution in [0.25, 0.3) is 11.4 Å². The summed E-state index contributed by atoms with van der Waals surface area (Å²) in [6, 6.07) is 9.51. The van der Waals surface area contributed by atoms with E-state index in [4.69, 9.17) is 23.2 Å². The molecule has 1 unspecified atom stereocenters. The van der Waals surface area contributed by atoms with Gasteiger partial charge in [0, 0.05) is 5.56 Å². The van der Waals surface area contributed by atoms with E-state index < -0.39 is 0 Å². The number of hydrogen-bond acceptors (Lipinski definition) is 4. The van der Waals surface area contributed by atoms with Crippen molar-refractivity contribution in [3.63, 3.8) is 0 Å². The second kappa shape index (κ2) is 6.70. The lowest BCUT2D eigenvalue weighted by Gasteiger charge is -2.16. The lowest BCUT2D eigenvalue weighted by molar-refractivity contribution is 0.0937. The van der Waals surface area contributed by atoms with E-state index in [1.54, 1.807) is 12.1 Å². The van der Waals surface area contributed by atoms with Crippen molar-refractivity contribution < 1.29 is 4.79 Å². The van der Waals surface area contributed by atoms with Gasteiger partial charge >= 0.3 is 0 Å². The fourth-order valence-electron chi connectivity index (χ4n) is 3.31. The number of aromatic amines is 1. The number of carbonyl (C=O) groups excluding carboxylic acids is 1. The Morgan fingerprint density at radius 3 is 2.69 bits per heavy atom. The van der Waals surface area contributed by atoms with Gasteiger partial charge in [0.2, 0.25) is 5.82 Å². The molecule has 1 aliphatic carbocycles. The van der Waals surface area contributed by atoms with Gasteiger partial charge in [-0.3, -0.25) is 4.79 Å². The van der Waals surface area contributed by atoms with Gasteiger partial charge in [0.15, 0.2) is 0 Å². The molecular formula is C18H15Cl2N5O. The summed E-state index contributed by atoms with van der Waals surface area (Å²) in [4.78, 5) is 12.8. The molecule has 1 heterocycles. The van der Waals surface area contributed by atoms with E-state index in [1.807, 2.05) is 6.92 Å². The summed E-state index contributed by atoms with van der Waals surface area (Å²) in [6.07, 6.45) is 1.81. The Morgan fingerprint density at radius 2 is 2.00 bits per heavy atom. The second-order valence-corrected chi connectivity index (χ2v) is 7.13. The quantitative estimate of drug-likeness (QED) is 0.713. The van der Waals surface area contributed by atoms with Gasteiger partial charge in [-0.15, -0.1) is 10.2 Å². The van der Waals surface area contributed by atoms with E-state index in [2.05, 4.69) is 44.1 Å². The first-order valence-electron chi connectivity index (χ1n) is 8.16. The van der Waals surface area contributed by atoms with E-state index in [1.165, 1.54) is 11.1 Å². The lowest BCUT2D eigenvalue weighted by atomic mass is 10.0. The first kappa shape index (κ1) is 17.0. The molecule has 0 fully saturated rings. The maximum atomic E-state index is 12.8. The molecule has 6 nitrogen and oxygen atoms in total. The highest BCUT2D eigenvalue weighted by atomic mass is 35.5. The van der Waals surface area contributed by atoms with Crippen LogP contribution in [0.15, 0.2) is 30.3 Å². The second-order valence-electron chi connectivity index (χ2n) is 6.32. The summed E-state index contributed by atoms with van der Waals surface area (Å²) in [6.45, 7) is 2.04. The van der Waals surface area contributed by atoms with Crippen LogP contribution in [0, 0.1) is 6.92 Å². The van der Waals surface area contributed by atoms with E-state index in [0.29, 0.717) is 11.4 Å². The zero-order valence-electron chi connectivity index (χ0n) is 13.9. The van der Waals surface area contributed by atoms with Gasteiger partial charge in [-0.2, -0.15) is 5.21 Å². The minimum Gasteiger partial charge on any atom is -0.345 e. The molecule has 0 saturated heterocycles. The number of hydrogen-bond donors (Lipinski definition) is 2. The van der Waals surface area contributed by atoms with Crippen molar-refractivity contribution in [2.24, 2.45) is 0 Å². The molecular weight excluding hydrogens is 373 g/mol. The number of carbonyl (C=O) groups is 1. The molecule has 2 aromatic carbocycles. The first-order chi connectivity index (χ1) is 12.5. The number of nitrogens with one attached hydrogen (secondary N) is 2. The third-order valence-corrected chi connectivity index (χ3v) is 5.15. The molecule has 0 bridgehead atoms. The van der Waals surface area contributed by atoms with E-state index in [9.17, 15) is 4.79 Å². The molecule has 26 heavy (non-hydrogen) atoms. The van der Waals surface area contributed by atoms with Gasteiger partial charge < -0.3 is 5.32 Å². The van der Waals surface area contributed by atoms with Crippen LogP contribution < -0.4 is 5.32 Å². The van der Waals surface area contributed by atoms with Crippen molar-refractivity contribution in [1.82, 2.24) is 25.9 Å². The van der Waals surface area contributed by atoms with Crippen LogP contribution in [0.4, 0.5) is 0 Å². The zero-order chi connectivity index (χ0) is 18.3. The Labute approximate surface area is 159 Å². The normalized spacial score (nSPS) is 15.7. The highest BCUT2D eigenvalue weighted by Gasteiger charge is 2.26. The number of aryl methyl sites for hydroxylation is 2. The van der Waals surface area contributed by atoms with Crippen molar-refractivity contribution in [2.45, 2.75) is 25.8 Å². The highest BCUT2D eigenvalue weighted by Crippen LogP contribution is 2.34. The van der Waals surface area contributed by atoms with Crippen LogP contribution in [-0.4, -0.2) is 26.5 Å². The molecule has 8 heteroatoms. The number of benzene rings is 2. The lowest BCUT2D eigenvalue weighted by Crippen LogP contribution is -2.27. The van der Waals surface area contributed by atoms with Crippen molar-refractivity contribution in [1.29, 1.82) is 0 Å². The van der Waals surface area contributed by atoms with Gasteiger partial charge in [0.25, 0.3) is 5.91 Å². The monoisotopic (exact) mass is 387 g/mol. The number of tetrazole rings is 1. The molecule has 0 saturated carbocycles. The van der Waals surface area contributed by atoms with Crippen LogP contribution in [0.5, 0.6) is 0 Å². The molecule has 1 atom stereocenters. The van der Waals surface area contributed by atoms with Gasteiger partial charge in [-0.05, 0) is 48.2 Å². The molecule has 0 spiro atoms. The number of amides is 1. The Balaban J connectivity index is 1.61. The average molecular weight is 388 g/mol. The maximum Gasteiger partial charge on any atom is 0.254 e. The number of nitrogens with zero attached hydrogens (tertiary/aromatic N) is 3. The standard InChI is InChI=1S/C18H15Cl2N5O/c1-9-2-3-10-4-5-15(12(10)6-9)21-18(26)16-13(19)7-11(8-14(16)20)17-22-24-25-23-17/h2-3,6-8,15H,4-5H2,1H3,(H,21,26)(H,22,23,24,25). The highest BCUT2D eigenvalue weighted by molar-refractivity contribution is 6.40. The molecule has 0 radical (unpaired) electrons. The Morgan fingerprint density at radius 1 is 1.23 bits per heavy atom. The van der Waals surface area contributed by atoms with Crippen molar-refractivity contribution in [3.8, 4) is 11.4 Å². The number of aromatic nitrogens is 4. The average Bonchev–Trinajstić information content (AvgIpc) is 3.24. The number of fused-ring (bicyclic) bond motifs is 1. The van der Waals surface area contributed by atoms with Crippen LogP contribution in [-0.2, 0) is 6.42 Å². The maximum absolute atomic E-state index is 12.8. The Kier molecular flexibility index (Phi) is 4.38. The van der Waals surface area contributed by atoms with E-state index in [0.717, 1.165) is 18.4 Å². The van der Waals surface area contributed by atoms with Crippen molar-refractivity contribution >= 4 is 29.1 Å². The van der Waals surface area contributed by atoms with Crippen LogP contribution in [0.2, 0.25) is 10.0 Å². The fourth-order valence-corrected chi connectivity index (χ4v) is 3.96. The molecule has 2 N–H and O–H groups in total.